The van der Waals surface area contributed by atoms with Crippen LogP contribution in [0.2, 0.25) is 0 Å². The van der Waals surface area contributed by atoms with Crippen LogP contribution in [0.4, 0.5) is 0 Å². The average molecular weight is 1160 g/mol. The lowest BCUT2D eigenvalue weighted by Gasteiger charge is -2.46. The van der Waals surface area contributed by atoms with E-state index >= 15 is 0 Å². The number of aliphatic hydroxyl groups excluding tert-OH is 8. The normalized spacial score (nSPS) is 24.1. The molecule has 1 amide bonds. The summed E-state index contributed by atoms with van der Waals surface area (Å²) in [6, 6.07) is -0.911. The van der Waals surface area contributed by atoms with Crippen molar-refractivity contribution in [2.75, 3.05) is 19.8 Å². The molecule has 0 aromatic carbocycles. The van der Waals surface area contributed by atoms with Crippen LogP contribution in [-0.2, 0) is 23.7 Å². The van der Waals surface area contributed by atoms with Crippen molar-refractivity contribution in [3.63, 3.8) is 0 Å². The van der Waals surface area contributed by atoms with Gasteiger partial charge in [-0.1, -0.05) is 302 Å². The molecule has 2 aliphatic rings. The van der Waals surface area contributed by atoms with Crippen molar-refractivity contribution in [1.29, 1.82) is 0 Å². The standard InChI is InChI=1S/C67H129NO13/c1-3-5-7-9-11-13-15-17-19-21-23-25-27-28-29-31-33-35-37-39-41-43-45-47-49-51-59(72)68-55(54-78-66-64(77)62(75)65(58(53-70)80-66)81-67-63(76)61(74)60(73)57(52-69)79-67)56(71)50-48-46-44-42-40-38-36-34-32-30-26-24-22-20-18-16-14-12-10-8-6-4-2/h48,50,55-58,60-67,69-71,73-77H,3-47,49,51-54H2,1-2H3,(H,68,72)/b50-48+. The van der Waals surface area contributed by atoms with Gasteiger partial charge in [-0.25, -0.2) is 0 Å². The molecule has 81 heavy (non-hydrogen) atoms. The average Bonchev–Trinajstić information content (AvgIpc) is 3.63. The Kier molecular flexibility index (Phi) is 49.6. The first kappa shape index (κ1) is 75.8. The Morgan fingerprint density at radius 2 is 0.765 bits per heavy atom. The van der Waals surface area contributed by atoms with Gasteiger partial charge in [-0.3, -0.25) is 4.79 Å². The number of carbonyl (C=O) groups excluding carboxylic acids is 1. The molecular formula is C67H129NO13. The zero-order valence-electron chi connectivity index (χ0n) is 52.1. The van der Waals surface area contributed by atoms with E-state index in [1.54, 1.807) is 6.08 Å². The van der Waals surface area contributed by atoms with Crippen LogP contribution in [0.1, 0.15) is 316 Å². The summed E-state index contributed by atoms with van der Waals surface area (Å²) in [4.78, 5) is 13.3. The van der Waals surface area contributed by atoms with Gasteiger partial charge in [0.25, 0.3) is 0 Å². The fourth-order valence-electron chi connectivity index (χ4n) is 11.7. The summed E-state index contributed by atoms with van der Waals surface area (Å²) in [6.07, 6.45) is 46.9. The smallest absolute Gasteiger partial charge is 0.220 e. The van der Waals surface area contributed by atoms with Crippen LogP contribution in [0, 0.1) is 0 Å². The molecule has 2 rings (SSSR count). The highest BCUT2D eigenvalue weighted by Gasteiger charge is 2.51. The number of carbonyl (C=O) groups is 1. The van der Waals surface area contributed by atoms with Gasteiger partial charge in [-0.2, -0.15) is 0 Å². The summed E-state index contributed by atoms with van der Waals surface area (Å²) in [5, 5.41) is 87.4. The lowest BCUT2D eigenvalue weighted by atomic mass is 9.97. The van der Waals surface area contributed by atoms with Gasteiger partial charge >= 0.3 is 0 Å². The highest BCUT2D eigenvalue weighted by Crippen LogP contribution is 2.30. The fourth-order valence-corrected chi connectivity index (χ4v) is 11.7. The Morgan fingerprint density at radius 1 is 0.432 bits per heavy atom. The summed E-state index contributed by atoms with van der Waals surface area (Å²) in [5.74, 6) is -0.231. The molecule has 2 aliphatic heterocycles. The molecule has 2 heterocycles. The quantitative estimate of drug-likeness (QED) is 0.0204. The van der Waals surface area contributed by atoms with E-state index in [0.29, 0.717) is 6.42 Å². The number of rotatable bonds is 57. The highest BCUT2D eigenvalue weighted by atomic mass is 16.7. The van der Waals surface area contributed by atoms with Crippen molar-refractivity contribution in [3.05, 3.63) is 12.2 Å². The van der Waals surface area contributed by atoms with E-state index in [9.17, 15) is 45.6 Å². The molecule has 14 heteroatoms. The molecule has 0 aromatic heterocycles. The van der Waals surface area contributed by atoms with E-state index in [2.05, 4.69) is 19.2 Å². The minimum absolute atomic E-state index is 0.231. The van der Waals surface area contributed by atoms with Crippen LogP contribution in [0.15, 0.2) is 12.2 Å². The zero-order valence-corrected chi connectivity index (χ0v) is 52.1. The molecule has 12 atom stereocenters. The van der Waals surface area contributed by atoms with Crippen LogP contribution in [0.5, 0.6) is 0 Å². The van der Waals surface area contributed by atoms with Crippen molar-refractivity contribution >= 4 is 5.91 Å². The molecule has 0 aromatic rings. The number of unbranched alkanes of at least 4 members (excludes halogenated alkanes) is 44. The Morgan fingerprint density at radius 3 is 1.14 bits per heavy atom. The van der Waals surface area contributed by atoms with Crippen molar-refractivity contribution in [1.82, 2.24) is 5.32 Å². The molecular weight excluding hydrogens is 1030 g/mol. The third kappa shape index (κ3) is 37.8. The van der Waals surface area contributed by atoms with Crippen molar-refractivity contribution in [3.8, 4) is 0 Å². The van der Waals surface area contributed by atoms with Crippen molar-refractivity contribution in [2.45, 2.75) is 389 Å². The maximum atomic E-state index is 13.3. The molecule has 14 nitrogen and oxygen atoms in total. The molecule has 0 spiro atoms. The van der Waals surface area contributed by atoms with Crippen molar-refractivity contribution in [2.24, 2.45) is 0 Å². The number of allylic oxidation sites excluding steroid dienone is 1. The van der Waals surface area contributed by atoms with E-state index in [-0.39, 0.29) is 18.9 Å². The van der Waals surface area contributed by atoms with Gasteiger partial charge < -0.3 is 65.1 Å². The third-order valence-electron chi connectivity index (χ3n) is 17.2. The van der Waals surface area contributed by atoms with E-state index in [4.69, 9.17) is 18.9 Å². The van der Waals surface area contributed by atoms with Crippen molar-refractivity contribution < 1.29 is 64.6 Å². The second-order valence-corrected chi connectivity index (χ2v) is 24.7. The zero-order chi connectivity index (χ0) is 58.8. The lowest BCUT2D eigenvalue weighted by Crippen LogP contribution is -2.65. The predicted molar refractivity (Wildman–Crippen MR) is 328 cm³/mol. The Hall–Kier alpha value is -1.27. The molecule has 0 bridgehead atoms. The summed E-state index contributed by atoms with van der Waals surface area (Å²) >= 11 is 0. The molecule has 12 unspecified atom stereocenters. The van der Waals surface area contributed by atoms with Gasteiger partial charge in [0.1, 0.15) is 48.8 Å². The summed E-state index contributed by atoms with van der Waals surface area (Å²) < 4.78 is 22.9. The molecule has 0 radical (unpaired) electrons. The fraction of sp³-hybridized carbons (Fsp3) is 0.955. The molecule has 0 saturated carbocycles. The number of amides is 1. The summed E-state index contributed by atoms with van der Waals surface area (Å²) in [6.45, 7) is 2.86. The van der Waals surface area contributed by atoms with Crippen LogP contribution < -0.4 is 5.32 Å². The molecule has 480 valence electrons. The van der Waals surface area contributed by atoms with Gasteiger partial charge in [0.2, 0.25) is 5.91 Å². The van der Waals surface area contributed by atoms with E-state index < -0.39 is 86.8 Å². The van der Waals surface area contributed by atoms with Crippen LogP contribution in [-0.4, -0.2) is 140 Å². The largest absolute Gasteiger partial charge is 0.394 e. The number of hydrogen-bond donors (Lipinski definition) is 9. The van der Waals surface area contributed by atoms with Crippen LogP contribution in [0.3, 0.4) is 0 Å². The number of hydrogen-bond acceptors (Lipinski definition) is 13. The Balaban J connectivity index is 1.69. The van der Waals surface area contributed by atoms with E-state index in [1.165, 1.54) is 250 Å². The third-order valence-corrected chi connectivity index (χ3v) is 17.2. The number of aliphatic hydroxyl groups is 8. The predicted octanol–water partition coefficient (Wildman–Crippen LogP) is 13.4. The summed E-state index contributed by atoms with van der Waals surface area (Å²) in [5.41, 5.74) is 0. The van der Waals surface area contributed by atoms with E-state index in [0.717, 1.165) is 38.5 Å². The first-order valence-corrected chi connectivity index (χ1v) is 34.4. The SMILES string of the molecule is CCCCCCCCCCCCCCCCCCCCCC/C=C/C(O)C(COC1OC(CO)C(OC2OC(CO)C(O)C(O)C2O)C(O)C1O)NC(=O)CCCCCCCCCCCCCCCCCCCCCCCCCCC. The number of nitrogens with one attached hydrogen (secondary N) is 1. The van der Waals surface area contributed by atoms with Gasteiger partial charge in [-0.05, 0) is 19.3 Å². The van der Waals surface area contributed by atoms with Gasteiger partial charge in [0, 0.05) is 6.42 Å². The molecule has 0 aliphatic carbocycles. The Bertz CT molecular complexity index is 1410. The molecule has 2 saturated heterocycles. The maximum absolute atomic E-state index is 13.3. The van der Waals surface area contributed by atoms with Gasteiger partial charge in [-0.15, -0.1) is 0 Å². The summed E-state index contributed by atoms with van der Waals surface area (Å²) in [7, 11) is 0. The lowest BCUT2D eigenvalue weighted by molar-refractivity contribution is -0.359. The Labute approximate surface area is 495 Å². The molecule has 9 N–H and O–H groups in total. The first-order chi connectivity index (χ1) is 39.6. The maximum Gasteiger partial charge on any atom is 0.220 e. The molecule has 2 fully saturated rings. The van der Waals surface area contributed by atoms with E-state index in [1.807, 2.05) is 6.08 Å². The van der Waals surface area contributed by atoms with Gasteiger partial charge in [0.15, 0.2) is 12.6 Å². The first-order valence-electron chi connectivity index (χ1n) is 34.4. The number of ether oxygens (including phenoxy) is 4. The topological polar surface area (TPSA) is 228 Å². The second kappa shape index (κ2) is 53.0. The second-order valence-electron chi connectivity index (χ2n) is 24.7. The van der Waals surface area contributed by atoms with Gasteiger partial charge in [0.05, 0.1) is 32.0 Å². The monoisotopic (exact) mass is 1160 g/mol. The highest BCUT2D eigenvalue weighted by molar-refractivity contribution is 5.76. The minimum Gasteiger partial charge on any atom is -0.394 e. The van der Waals surface area contributed by atoms with Crippen LogP contribution in [0.25, 0.3) is 0 Å². The van der Waals surface area contributed by atoms with Crippen LogP contribution >= 0.6 is 0 Å². The minimum atomic E-state index is -1.79.